The number of aliphatic hydroxyl groups is 1. The highest BCUT2D eigenvalue weighted by Gasteiger charge is 2.53. The van der Waals surface area contributed by atoms with E-state index in [2.05, 4.69) is 9.97 Å². The molecule has 2 heterocycles. The van der Waals surface area contributed by atoms with E-state index < -0.39 is 18.1 Å². The number of alkyl halides is 2. The van der Waals surface area contributed by atoms with Crippen LogP contribution in [0.4, 0.5) is 20.5 Å². The molecule has 0 saturated carbocycles. The lowest BCUT2D eigenvalue weighted by atomic mass is 9.90. The van der Waals surface area contributed by atoms with Gasteiger partial charge in [-0.05, 0) is 19.4 Å². The summed E-state index contributed by atoms with van der Waals surface area (Å²) in [6.45, 7) is 0.806. The topological polar surface area (TPSA) is 75.3 Å². The molecule has 0 spiro atoms. The summed E-state index contributed by atoms with van der Waals surface area (Å²) >= 11 is 0. The molecule has 0 aromatic carbocycles. The first-order chi connectivity index (χ1) is 7.82. The molecule has 7 heteroatoms. The summed E-state index contributed by atoms with van der Waals surface area (Å²) in [5.74, 6) is -2.80. The van der Waals surface area contributed by atoms with Crippen LogP contribution in [0.3, 0.4) is 0 Å². The maximum atomic E-state index is 13.6. The molecule has 0 aliphatic carbocycles. The van der Waals surface area contributed by atoms with Gasteiger partial charge >= 0.3 is 0 Å². The molecule has 2 rings (SSSR count). The molecule has 1 atom stereocenters. The summed E-state index contributed by atoms with van der Waals surface area (Å²) in [5.41, 5.74) is 3.49. The molecule has 94 valence electrons. The van der Waals surface area contributed by atoms with Crippen LogP contribution in [0.15, 0.2) is 12.3 Å². The van der Waals surface area contributed by atoms with Crippen LogP contribution in [0.2, 0.25) is 0 Å². The monoisotopic (exact) mass is 244 g/mol. The highest BCUT2D eigenvalue weighted by atomic mass is 19.3. The molecule has 1 aliphatic heterocycles. The summed E-state index contributed by atoms with van der Waals surface area (Å²) in [6, 6.07) is 1.49. The summed E-state index contributed by atoms with van der Waals surface area (Å²) < 4.78 is 27.3. The largest absolute Gasteiger partial charge is 0.384 e. The molecule has 1 unspecified atom stereocenters. The zero-order valence-electron chi connectivity index (χ0n) is 9.40. The molecule has 0 bridgehead atoms. The molecule has 1 aromatic heterocycles. The smallest absolute Gasteiger partial charge is 0.293 e. The minimum Gasteiger partial charge on any atom is -0.384 e. The van der Waals surface area contributed by atoms with E-state index in [9.17, 15) is 13.9 Å². The van der Waals surface area contributed by atoms with Crippen LogP contribution >= 0.6 is 0 Å². The fourth-order valence-corrected chi connectivity index (χ4v) is 1.71. The third kappa shape index (κ3) is 2.14. The van der Waals surface area contributed by atoms with Gasteiger partial charge in [0.1, 0.15) is 11.4 Å². The van der Waals surface area contributed by atoms with Crippen molar-refractivity contribution in [1.82, 2.24) is 9.97 Å². The predicted octanol–water partition coefficient (Wildman–Crippen LogP) is 0.655. The van der Waals surface area contributed by atoms with E-state index in [1.807, 2.05) is 0 Å². The molecule has 3 N–H and O–H groups in total. The number of hydrogen-bond donors (Lipinski definition) is 2. The Hall–Kier alpha value is -1.50. The van der Waals surface area contributed by atoms with Gasteiger partial charge in [-0.25, -0.2) is 13.8 Å². The molecule has 0 amide bonds. The van der Waals surface area contributed by atoms with E-state index in [4.69, 9.17) is 5.73 Å². The minimum atomic E-state index is -3.20. The van der Waals surface area contributed by atoms with Gasteiger partial charge in [0.15, 0.2) is 0 Å². The van der Waals surface area contributed by atoms with Crippen LogP contribution in [0.5, 0.6) is 0 Å². The van der Waals surface area contributed by atoms with Crippen LogP contribution in [0, 0.1) is 0 Å². The lowest BCUT2D eigenvalue weighted by Crippen LogP contribution is -2.59. The zero-order valence-corrected chi connectivity index (χ0v) is 9.40. The van der Waals surface area contributed by atoms with Crippen LogP contribution < -0.4 is 10.6 Å². The third-order valence-corrected chi connectivity index (χ3v) is 2.99. The number of nitrogen functional groups attached to an aromatic ring is 1. The van der Waals surface area contributed by atoms with E-state index in [0.29, 0.717) is 0 Å². The lowest BCUT2D eigenvalue weighted by molar-refractivity contribution is -0.177. The molecular formula is C10H14F2N4O. The van der Waals surface area contributed by atoms with Crippen LogP contribution in [-0.2, 0) is 0 Å². The highest BCUT2D eigenvalue weighted by Crippen LogP contribution is 2.37. The quantitative estimate of drug-likeness (QED) is 0.758. The maximum absolute atomic E-state index is 13.6. The lowest BCUT2D eigenvalue weighted by Gasteiger charge is -2.42. The zero-order chi connectivity index (χ0) is 12.7. The molecule has 17 heavy (non-hydrogen) atoms. The molecular weight excluding hydrogens is 230 g/mol. The van der Waals surface area contributed by atoms with Crippen LogP contribution in [-0.4, -0.2) is 39.7 Å². The number of aromatic nitrogens is 2. The fourth-order valence-electron chi connectivity index (χ4n) is 1.71. The van der Waals surface area contributed by atoms with E-state index >= 15 is 0 Å². The number of hydrogen-bond acceptors (Lipinski definition) is 5. The summed E-state index contributed by atoms with van der Waals surface area (Å²) in [7, 11) is 0. The Bertz CT molecular complexity index is 425. The van der Waals surface area contributed by atoms with E-state index in [1.165, 1.54) is 17.2 Å². The van der Waals surface area contributed by atoms with E-state index in [0.717, 1.165) is 6.92 Å². The van der Waals surface area contributed by atoms with E-state index in [-0.39, 0.29) is 24.7 Å². The number of anilines is 2. The van der Waals surface area contributed by atoms with Gasteiger partial charge in [0.05, 0.1) is 6.54 Å². The Morgan fingerprint density at radius 3 is 2.82 bits per heavy atom. The fraction of sp³-hybridized carbons (Fsp3) is 0.600. The number of nitrogens with zero attached hydrogens (tertiary/aromatic N) is 3. The average molecular weight is 244 g/mol. The van der Waals surface area contributed by atoms with Crippen LogP contribution in [0.25, 0.3) is 0 Å². The van der Waals surface area contributed by atoms with Crippen molar-refractivity contribution in [1.29, 1.82) is 0 Å². The maximum Gasteiger partial charge on any atom is 0.293 e. The third-order valence-electron chi connectivity index (χ3n) is 2.99. The van der Waals surface area contributed by atoms with Gasteiger partial charge in [0.2, 0.25) is 5.95 Å². The van der Waals surface area contributed by atoms with Crippen molar-refractivity contribution in [3.8, 4) is 0 Å². The van der Waals surface area contributed by atoms with E-state index in [1.54, 1.807) is 0 Å². The average Bonchev–Trinajstić information content (AvgIpc) is 2.22. The van der Waals surface area contributed by atoms with Crippen molar-refractivity contribution in [2.24, 2.45) is 0 Å². The second-order valence-corrected chi connectivity index (χ2v) is 4.43. The number of halogens is 2. The van der Waals surface area contributed by atoms with Gasteiger partial charge in [0, 0.05) is 12.7 Å². The first-order valence-corrected chi connectivity index (χ1v) is 5.25. The van der Waals surface area contributed by atoms with Crippen molar-refractivity contribution in [2.75, 3.05) is 23.7 Å². The molecule has 1 fully saturated rings. The Kier molecular flexibility index (Phi) is 2.65. The van der Waals surface area contributed by atoms with Crippen molar-refractivity contribution in [3.63, 3.8) is 0 Å². The molecule has 1 aromatic rings. The summed E-state index contributed by atoms with van der Waals surface area (Å²) in [4.78, 5) is 9.11. The summed E-state index contributed by atoms with van der Waals surface area (Å²) in [5, 5.41) is 9.58. The van der Waals surface area contributed by atoms with Crippen molar-refractivity contribution in [2.45, 2.75) is 24.9 Å². The van der Waals surface area contributed by atoms with Gasteiger partial charge in [-0.3, -0.25) is 0 Å². The van der Waals surface area contributed by atoms with Gasteiger partial charge in [-0.2, -0.15) is 4.98 Å². The van der Waals surface area contributed by atoms with Gasteiger partial charge < -0.3 is 15.7 Å². The van der Waals surface area contributed by atoms with Crippen molar-refractivity contribution in [3.05, 3.63) is 12.3 Å². The van der Waals surface area contributed by atoms with Crippen molar-refractivity contribution >= 4 is 11.8 Å². The van der Waals surface area contributed by atoms with Crippen LogP contribution in [0.1, 0.15) is 13.3 Å². The Morgan fingerprint density at radius 1 is 1.53 bits per heavy atom. The second-order valence-electron chi connectivity index (χ2n) is 4.43. The first kappa shape index (κ1) is 12.0. The second kappa shape index (κ2) is 3.76. The molecule has 1 saturated heterocycles. The first-order valence-electron chi connectivity index (χ1n) is 5.25. The molecule has 1 aliphatic rings. The standard InChI is InChI=1S/C10H14F2N4O/c1-9(17)3-5-16(6-10(9,11)12)8-14-4-2-7(13)15-8/h2,4,17H,3,5-6H2,1H3,(H2,13,14,15). The van der Waals surface area contributed by atoms with Gasteiger partial charge in [-0.1, -0.05) is 0 Å². The Balaban J connectivity index is 2.21. The number of piperidine rings is 1. The number of nitrogens with two attached hydrogens (primary N) is 1. The van der Waals surface area contributed by atoms with Gasteiger partial charge in [-0.15, -0.1) is 0 Å². The normalized spacial score (nSPS) is 28.1. The van der Waals surface area contributed by atoms with Crippen molar-refractivity contribution < 1.29 is 13.9 Å². The molecule has 5 nitrogen and oxygen atoms in total. The number of rotatable bonds is 1. The minimum absolute atomic E-state index is 0.0435. The Morgan fingerprint density at radius 2 is 2.24 bits per heavy atom. The SMILES string of the molecule is CC1(O)CCN(c2nccc(N)n2)CC1(F)F. The summed E-state index contributed by atoms with van der Waals surface area (Å²) in [6.07, 6.45) is 1.38. The highest BCUT2D eigenvalue weighted by molar-refractivity contribution is 5.39. The van der Waals surface area contributed by atoms with Gasteiger partial charge in [0.25, 0.3) is 5.92 Å². The predicted molar refractivity (Wildman–Crippen MR) is 58.8 cm³/mol. The molecule has 0 radical (unpaired) electrons. The Labute approximate surface area is 97.3 Å².